The molecular weight excluding hydrogens is 277 g/mol. The summed E-state index contributed by atoms with van der Waals surface area (Å²) >= 11 is 0. The van der Waals surface area contributed by atoms with Crippen molar-refractivity contribution in [2.45, 2.75) is 33.0 Å². The summed E-state index contributed by atoms with van der Waals surface area (Å²) in [6.45, 7) is 5.59. The van der Waals surface area contributed by atoms with Crippen LogP contribution in [0.25, 0.3) is 0 Å². The van der Waals surface area contributed by atoms with Gasteiger partial charge in [0.25, 0.3) is 0 Å². The van der Waals surface area contributed by atoms with Crippen molar-refractivity contribution in [3.8, 4) is 0 Å². The van der Waals surface area contributed by atoms with Gasteiger partial charge < -0.3 is 15.2 Å². The summed E-state index contributed by atoms with van der Waals surface area (Å²) in [6, 6.07) is 3.29. The number of carbonyl (C=O) groups is 2. The summed E-state index contributed by atoms with van der Waals surface area (Å²) in [6.07, 6.45) is -0.313. The first-order chi connectivity index (χ1) is 9.81. The highest BCUT2D eigenvalue weighted by Crippen LogP contribution is 2.33. The molecule has 1 fully saturated rings. The van der Waals surface area contributed by atoms with Crippen LogP contribution in [-0.2, 0) is 9.53 Å². The maximum Gasteiger partial charge on any atom is 0.335 e. The third kappa shape index (κ3) is 3.05. The molecule has 0 spiro atoms. The SMILES string of the molecule is CC1OC(C)C(C(=O)Nc2cc(C(=O)O)ccc2F)C1C. The number of halogens is 1. The minimum Gasteiger partial charge on any atom is -0.478 e. The van der Waals surface area contributed by atoms with Crippen LogP contribution >= 0.6 is 0 Å². The summed E-state index contributed by atoms with van der Waals surface area (Å²) < 4.78 is 19.3. The average molecular weight is 295 g/mol. The molecule has 1 aromatic rings. The molecule has 0 saturated carbocycles. The molecule has 1 saturated heterocycles. The Labute approximate surface area is 122 Å². The fourth-order valence-corrected chi connectivity index (χ4v) is 2.69. The third-order valence-corrected chi connectivity index (χ3v) is 4.02. The highest BCUT2D eigenvalue weighted by molar-refractivity contribution is 5.95. The molecule has 5 nitrogen and oxygen atoms in total. The minimum absolute atomic E-state index is 0.00529. The molecule has 0 bridgehead atoms. The van der Waals surface area contributed by atoms with Crippen LogP contribution < -0.4 is 5.32 Å². The number of hydrogen-bond acceptors (Lipinski definition) is 3. The van der Waals surface area contributed by atoms with E-state index in [4.69, 9.17) is 9.84 Å². The van der Waals surface area contributed by atoms with E-state index in [2.05, 4.69) is 5.32 Å². The molecule has 4 atom stereocenters. The summed E-state index contributed by atoms with van der Waals surface area (Å²) in [5, 5.41) is 11.4. The van der Waals surface area contributed by atoms with Gasteiger partial charge in [0.05, 0.1) is 29.4 Å². The number of carbonyl (C=O) groups excluding carboxylic acids is 1. The first-order valence-electron chi connectivity index (χ1n) is 6.80. The standard InChI is InChI=1S/C15H18FNO4/c1-7-8(2)21-9(3)13(7)14(18)17-12-6-10(15(19)20)4-5-11(12)16/h4-9,13H,1-3H3,(H,17,18)(H,19,20). The largest absolute Gasteiger partial charge is 0.478 e. The highest BCUT2D eigenvalue weighted by Gasteiger charge is 2.41. The second-order valence-corrected chi connectivity index (χ2v) is 5.42. The number of rotatable bonds is 3. The predicted molar refractivity (Wildman–Crippen MR) is 74.7 cm³/mol. The van der Waals surface area contributed by atoms with Gasteiger partial charge in [0, 0.05) is 0 Å². The summed E-state index contributed by atoms with van der Waals surface area (Å²) in [5.41, 5.74) is -0.206. The van der Waals surface area contributed by atoms with Gasteiger partial charge in [-0.05, 0) is 38.0 Å². The third-order valence-electron chi connectivity index (χ3n) is 4.02. The first-order valence-corrected chi connectivity index (χ1v) is 6.80. The van der Waals surface area contributed by atoms with Gasteiger partial charge >= 0.3 is 5.97 Å². The Hall–Kier alpha value is -1.95. The van der Waals surface area contributed by atoms with Crippen LogP contribution in [0.5, 0.6) is 0 Å². The second kappa shape index (κ2) is 5.81. The van der Waals surface area contributed by atoms with Gasteiger partial charge in [-0.3, -0.25) is 4.79 Å². The number of ether oxygens (including phenoxy) is 1. The van der Waals surface area contributed by atoms with Gasteiger partial charge in [0.2, 0.25) is 5.91 Å². The minimum atomic E-state index is -1.18. The Morgan fingerprint density at radius 2 is 1.90 bits per heavy atom. The summed E-state index contributed by atoms with van der Waals surface area (Å²) in [5.74, 6) is -2.59. The van der Waals surface area contributed by atoms with Crippen LogP contribution in [0.15, 0.2) is 18.2 Å². The van der Waals surface area contributed by atoms with Crippen molar-refractivity contribution in [3.63, 3.8) is 0 Å². The summed E-state index contributed by atoms with van der Waals surface area (Å²) in [4.78, 5) is 23.2. The maximum atomic E-state index is 13.7. The van der Waals surface area contributed by atoms with Crippen LogP contribution in [0.4, 0.5) is 10.1 Å². The lowest BCUT2D eigenvalue weighted by Gasteiger charge is -2.18. The van der Waals surface area contributed by atoms with E-state index in [1.807, 2.05) is 13.8 Å². The number of anilines is 1. The molecule has 0 aromatic heterocycles. The predicted octanol–water partition coefficient (Wildman–Crippen LogP) is 2.52. The Bertz CT molecular complexity index is 575. The molecule has 21 heavy (non-hydrogen) atoms. The smallest absolute Gasteiger partial charge is 0.335 e. The number of carboxylic acids is 1. The van der Waals surface area contributed by atoms with E-state index in [0.29, 0.717) is 0 Å². The van der Waals surface area contributed by atoms with Crippen molar-refractivity contribution in [2.24, 2.45) is 11.8 Å². The molecule has 6 heteroatoms. The summed E-state index contributed by atoms with van der Waals surface area (Å²) in [7, 11) is 0. The molecule has 4 unspecified atom stereocenters. The Balaban J connectivity index is 2.20. The van der Waals surface area contributed by atoms with E-state index in [9.17, 15) is 14.0 Å². The van der Waals surface area contributed by atoms with Crippen molar-refractivity contribution in [1.29, 1.82) is 0 Å². The van der Waals surface area contributed by atoms with Crippen molar-refractivity contribution in [2.75, 3.05) is 5.32 Å². The van der Waals surface area contributed by atoms with E-state index < -0.39 is 17.7 Å². The number of amides is 1. The molecule has 1 amide bonds. The van der Waals surface area contributed by atoms with Crippen molar-refractivity contribution >= 4 is 17.6 Å². The fraction of sp³-hybridized carbons (Fsp3) is 0.467. The lowest BCUT2D eigenvalue weighted by Crippen LogP contribution is -2.32. The Morgan fingerprint density at radius 3 is 2.43 bits per heavy atom. The molecule has 1 aliphatic rings. The van der Waals surface area contributed by atoms with Gasteiger partial charge in [-0.2, -0.15) is 0 Å². The molecule has 2 rings (SSSR count). The number of carboxylic acid groups (broad SMARTS) is 1. The average Bonchev–Trinajstić information content (AvgIpc) is 2.65. The number of nitrogens with one attached hydrogen (secondary N) is 1. The molecule has 1 heterocycles. The normalized spacial score (nSPS) is 28.4. The fourth-order valence-electron chi connectivity index (χ4n) is 2.69. The zero-order valence-corrected chi connectivity index (χ0v) is 12.1. The Kier molecular flexibility index (Phi) is 4.27. The molecular formula is C15H18FNO4. The van der Waals surface area contributed by atoms with Crippen LogP contribution in [-0.4, -0.2) is 29.2 Å². The van der Waals surface area contributed by atoms with E-state index >= 15 is 0 Å². The maximum absolute atomic E-state index is 13.7. The van der Waals surface area contributed by atoms with Crippen molar-refractivity contribution in [1.82, 2.24) is 0 Å². The highest BCUT2D eigenvalue weighted by atomic mass is 19.1. The van der Waals surface area contributed by atoms with E-state index in [1.54, 1.807) is 6.92 Å². The zero-order chi connectivity index (χ0) is 15.7. The van der Waals surface area contributed by atoms with Crippen molar-refractivity contribution in [3.05, 3.63) is 29.6 Å². The topological polar surface area (TPSA) is 75.6 Å². The van der Waals surface area contributed by atoms with E-state index in [0.717, 1.165) is 18.2 Å². The number of aromatic carboxylic acids is 1. The second-order valence-electron chi connectivity index (χ2n) is 5.42. The Morgan fingerprint density at radius 1 is 1.24 bits per heavy atom. The van der Waals surface area contributed by atoms with Crippen LogP contribution in [0.2, 0.25) is 0 Å². The lowest BCUT2D eigenvalue weighted by atomic mass is 9.89. The molecule has 1 aliphatic heterocycles. The van der Waals surface area contributed by atoms with Crippen molar-refractivity contribution < 1.29 is 23.8 Å². The molecule has 0 radical (unpaired) electrons. The van der Waals surface area contributed by atoms with Gasteiger partial charge in [-0.1, -0.05) is 6.92 Å². The van der Waals surface area contributed by atoms with Crippen LogP contribution in [0.1, 0.15) is 31.1 Å². The van der Waals surface area contributed by atoms with Crippen LogP contribution in [0, 0.1) is 17.7 Å². The lowest BCUT2D eigenvalue weighted by molar-refractivity contribution is -0.122. The molecule has 0 aliphatic carbocycles. The van der Waals surface area contributed by atoms with Gasteiger partial charge in [-0.15, -0.1) is 0 Å². The number of hydrogen-bond donors (Lipinski definition) is 2. The monoisotopic (exact) mass is 295 g/mol. The first kappa shape index (κ1) is 15.4. The quantitative estimate of drug-likeness (QED) is 0.898. The molecule has 114 valence electrons. The van der Waals surface area contributed by atoms with E-state index in [1.165, 1.54) is 0 Å². The zero-order valence-electron chi connectivity index (χ0n) is 12.1. The number of benzene rings is 1. The molecule has 2 N–H and O–H groups in total. The van der Waals surface area contributed by atoms with Gasteiger partial charge in [0.15, 0.2) is 0 Å². The van der Waals surface area contributed by atoms with Gasteiger partial charge in [0.1, 0.15) is 5.82 Å². The van der Waals surface area contributed by atoms with E-state index in [-0.39, 0.29) is 35.3 Å². The van der Waals surface area contributed by atoms with Gasteiger partial charge in [-0.25, -0.2) is 9.18 Å². The molecule has 1 aromatic carbocycles. The van der Waals surface area contributed by atoms with Crippen LogP contribution in [0.3, 0.4) is 0 Å².